The highest BCUT2D eigenvalue weighted by Gasteiger charge is 2.46. The molecular weight excluding hydrogens is 416 g/mol. The highest BCUT2D eigenvalue weighted by atomic mass is 14.5. The number of hydrogen-bond acceptors (Lipinski definition) is 0. The minimum Gasteiger partial charge on any atom is -0.0951 e. The fraction of sp³-hybridized carbons (Fsp3) is 0.0323. The molecule has 5 aromatic carbocycles. The Morgan fingerprint density at radius 1 is 0.457 bits per heavy atom. The van der Waals surface area contributed by atoms with Gasteiger partial charge >= 0.3 is 0 Å². The van der Waals surface area contributed by atoms with E-state index in [4.69, 9.17) is 0 Å². The molecule has 0 amide bonds. The lowest BCUT2D eigenvalue weighted by atomic mass is 9.65. The quantitative estimate of drug-likeness (QED) is 0.356. The second-order valence-electron chi connectivity index (χ2n) is 9.92. The van der Waals surface area contributed by atoms with E-state index >= 15 is 0 Å². The van der Waals surface area contributed by atoms with Gasteiger partial charge in [0, 0.05) is 0 Å². The van der Waals surface area contributed by atoms with Crippen LogP contribution in [0, 0.1) is 0 Å². The van der Waals surface area contributed by atoms with Crippen LogP contribution >= 0.6 is 0 Å². The Hall–Kier alpha value is -3.64. The second-order valence-corrected chi connectivity index (χ2v) is 9.92. The summed E-state index contributed by atoms with van der Waals surface area (Å²) in [5.41, 5.74) is 15.8. The van der Waals surface area contributed by atoms with E-state index in [2.05, 4.69) is 141 Å². The van der Waals surface area contributed by atoms with Gasteiger partial charge in [-0.05, 0) is 50.6 Å². The molecule has 0 heterocycles. The van der Waals surface area contributed by atoms with Gasteiger partial charge in [-0.3, -0.25) is 0 Å². The maximum absolute atomic E-state index is 2.48. The van der Waals surface area contributed by atoms with Crippen LogP contribution < -0.4 is 21.9 Å². The highest BCUT2D eigenvalue weighted by Crippen LogP contribution is 2.56. The van der Waals surface area contributed by atoms with Crippen LogP contribution in [0.3, 0.4) is 0 Å². The van der Waals surface area contributed by atoms with Crippen molar-refractivity contribution in [2.45, 2.75) is 5.41 Å². The molecule has 6 rings (SSSR count). The van der Waals surface area contributed by atoms with Gasteiger partial charge in [0.15, 0.2) is 0 Å². The van der Waals surface area contributed by atoms with Crippen molar-refractivity contribution in [2.75, 3.05) is 0 Å². The lowest BCUT2D eigenvalue weighted by Gasteiger charge is -2.34. The zero-order valence-corrected chi connectivity index (χ0v) is 20.9. The molecule has 4 heteroatoms. The summed E-state index contributed by atoms with van der Waals surface area (Å²) in [4.78, 5) is 0. The minimum absolute atomic E-state index is 0.356. The molecule has 35 heavy (non-hydrogen) atoms. The van der Waals surface area contributed by atoms with E-state index in [1.54, 1.807) is 0 Å². The number of benzene rings is 5. The van der Waals surface area contributed by atoms with Crippen LogP contribution in [-0.2, 0) is 5.41 Å². The average molecular weight is 442 g/mol. The molecule has 0 aliphatic heterocycles. The van der Waals surface area contributed by atoms with E-state index in [0.29, 0.717) is 0 Å². The van der Waals surface area contributed by atoms with E-state index in [0.717, 1.165) is 0 Å². The van der Waals surface area contributed by atoms with Crippen molar-refractivity contribution in [3.8, 4) is 22.3 Å². The third-order valence-electron chi connectivity index (χ3n) is 8.11. The Morgan fingerprint density at radius 2 is 0.971 bits per heavy atom. The SMILES string of the molecule is Bc1cc(B)c(B)c(-c2ccc3c(c2)C(c2ccccc2)(c2ccccc2)c2ccccc2-3)c1B. The van der Waals surface area contributed by atoms with Crippen molar-refractivity contribution < 1.29 is 0 Å². The fourth-order valence-electron chi connectivity index (χ4n) is 6.25. The van der Waals surface area contributed by atoms with E-state index in [9.17, 15) is 0 Å². The van der Waals surface area contributed by atoms with Gasteiger partial charge in [-0.15, -0.1) is 0 Å². The fourth-order valence-corrected chi connectivity index (χ4v) is 6.25. The highest BCUT2D eigenvalue weighted by molar-refractivity contribution is 6.59. The number of fused-ring (bicyclic) bond motifs is 3. The van der Waals surface area contributed by atoms with Crippen molar-refractivity contribution in [1.82, 2.24) is 0 Å². The molecule has 0 fully saturated rings. The first kappa shape index (κ1) is 21.9. The molecule has 0 N–H and O–H groups in total. The van der Waals surface area contributed by atoms with Gasteiger partial charge in [-0.25, -0.2) is 0 Å². The number of hydrogen-bond donors (Lipinski definition) is 0. The molecule has 0 atom stereocenters. The van der Waals surface area contributed by atoms with Crippen molar-refractivity contribution in [2.24, 2.45) is 0 Å². The van der Waals surface area contributed by atoms with Gasteiger partial charge in [0.2, 0.25) is 0 Å². The van der Waals surface area contributed by atoms with Crippen LogP contribution in [0.25, 0.3) is 22.3 Å². The zero-order valence-electron chi connectivity index (χ0n) is 20.9. The van der Waals surface area contributed by atoms with Crippen molar-refractivity contribution in [3.05, 3.63) is 131 Å². The van der Waals surface area contributed by atoms with Crippen LogP contribution in [0.4, 0.5) is 0 Å². The van der Waals surface area contributed by atoms with Gasteiger partial charge < -0.3 is 0 Å². The molecule has 0 aromatic heterocycles. The van der Waals surface area contributed by atoms with Crippen LogP contribution in [-0.4, -0.2) is 31.4 Å². The van der Waals surface area contributed by atoms with E-state index < -0.39 is 0 Å². The summed E-state index contributed by atoms with van der Waals surface area (Å²) < 4.78 is 0. The molecule has 0 bridgehead atoms. The molecule has 0 nitrogen and oxygen atoms in total. The molecule has 0 radical (unpaired) electrons. The molecule has 0 unspecified atom stereocenters. The molecular formula is C31H26B4. The van der Waals surface area contributed by atoms with Crippen LogP contribution in [0.15, 0.2) is 109 Å². The first-order valence-corrected chi connectivity index (χ1v) is 12.5. The minimum atomic E-state index is -0.356. The predicted octanol–water partition coefficient (Wildman–Crippen LogP) is 0.750. The summed E-state index contributed by atoms with van der Waals surface area (Å²) in [6.45, 7) is 0. The molecule has 5 aromatic rings. The lowest BCUT2D eigenvalue weighted by molar-refractivity contribution is 0.769. The van der Waals surface area contributed by atoms with Gasteiger partial charge in [-0.2, -0.15) is 0 Å². The summed E-state index contributed by atoms with van der Waals surface area (Å²) in [5, 5.41) is 0. The first-order valence-electron chi connectivity index (χ1n) is 12.5. The van der Waals surface area contributed by atoms with Crippen LogP contribution in [0.5, 0.6) is 0 Å². The molecule has 0 spiro atoms. The zero-order chi connectivity index (χ0) is 24.2. The van der Waals surface area contributed by atoms with Crippen LogP contribution in [0.1, 0.15) is 22.3 Å². The maximum Gasteiger partial charge on any atom is 0.139 e. The summed E-state index contributed by atoms with van der Waals surface area (Å²) in [7, 11) is 8.99. The predicted molar refractivity (Wildman–Crippen MR) is 162 cm³/mol. The van der Waals surface area contributed by atoms with Crippen molar-refractivity contribution in [3.63, 3.8) is 0 Å². The maximum atomic E-state index is 2.48. The normalized spacial score (nSPS) is 13.3. The summed E-state index contributed by atoms with van der Waals surface area (Å²) in [6, 6.07) is 40.5. The first-order chi connectivity index (χ1) is 17.0. The van der Waals surface area contributed by atoms with E-state index in [-0.39, 0.29) is 5.41 Å². The van der Waals surface area contributed by atoms with E-state index in [1.807, 2.05) is 0 Å². The van der Waals surface area contributed by atoms with Crippen LogP contribution in [0.2, 0.25) is 0 Å². The largest absolute Gasteiger partial charge is 0.139 e. The Kier molecular flexibility index (Phi) is 5.15. The van der Waals surface area contributed by atoms with Gasteiger partial charge in [0.1, 0.15) is 31.4 Å². The Bertz CT molecular complexity index is 1510. The summed E-state index contributed by atoms with van der Waals surface area (Å²) >= 11 is 0. The standard InChI is InChI=1S/C31H26B4/c32-26-18-27(33)30(35)28(29(26)34)19-15-16-23-22-13-7-8-14-24(22)31(25(23)17-19,20-9-3-1-4-10-20)21-11-5-2-6-12-21/h1-18H,32-35H2. The molecule has 0 saturated carbocycles. The monoisotopic (exact) mass is 442 g/mol. The van der Waals surface area contributed by atoms with Gasteiger partial charge in [0.25, 0.3) is 0 Å². The Labute approximate surface area is 212 Å². The average Bonchev–Trinajstić information content (AvgIpc) is 3.19. The smallest absolute Gasteiger partial charge is 0.0951 e. The molecule has 0 saturated heterocycles. The van der Waals surface area contributed by atoms with Crippen molar-refractivity contribution >= 4 is 53.2 Å². The molecule has 162 valence electrons. The van der Waals surface area contributed by atoms with E-state index in [1.165, 1.54) is 66.4 Å². The van der Waals surface area contributed by atoms with Gasteiger partial charge in [0.05, 0.1) is 5.41 Å². The molecule has 1 aliphatic carbocycles. The third kappa shape index (κ3) is 3.13. The summed E-state index contributed by atoms with van der Waals surface area (Å²) in [5.74, 6) is 0. The Morgan fingerprint density at radius 3 is 1.57 bits per heavy atom. The van der Waals surface area contributed by atoms with Gasteiger partial charge in [-0.1, -0.05) is 125 Å². The number of rotatable bonds is 3. The molecule has 1 aliphatic rings. The third-order valence-corrected chi connectivity index (χ3v) is 8.11. The lowest BCUT2D eigenvalue weighted by Crippen LogP contribution is -2.41. The topological polar surface area (TPSA) is 0 Å². The Balaban J connectivity index is 1.75. The summed E-state index contributed by atoms with van der Waals surface area (Å²) in [6.07, 6.45) is 0. The van der Waals surface area contributed by atoms with Crippen molar-refractivity contribution in [1.29, 1.82) is 0 Å². The second kappa shape index (κ2) is 8.24.